The van der Waals surface area contributed by atoms with Gasteiger partial charge < -0.3 is 10.2 Å². The lowest BCUT2D eigenvalue weighted by Gasteiger charge is -2.38. The Morgan fingerprint density at radius 2 is 1.96 bits per heavy atom. The molecule has 1 fully saturated rings. The van der Waals surface area contributed by atoms with Gasteiger partial charge in [0.1, 0.15) is 5.82 Å². The van der Waals surface area contributed by atoms with Gasteiger partial charge in [-0.2, -0.15) is 0 Å². The quantitative estimate of drug-likeness (QED) is 0.847. The number of nitrogens with one attached hydrogen (secondary N) is 1. The fourth-order valence-electron chi connectivity index (χ4n) is 3.04. The number of piperidine rings is 1. The van der Waals surface area contributed by atoms with Crippen LogP contribution in [0.3, 0.4) is 0 Å². The summed E-state index contributed by atoms with van der Waals surface area (Å²) < 4.78 is 36.6. The van der Waals surface area contributed by atoms with Crippen molar-refractivity contribution in [2.75, 3.05) is 25.9 Å². The van der Waals surface area contributed by atoms with E-state index in [1.807, 2.05) is 0 Å². The summed E-state index contributed by atoms with van der Waals surface area (Å²) in [5, 5.41) is 3.10. The first kappa shape index (κ1) is 20.9. The average Bonchev–Trinajstić information content (AvgIpc) is 2.51. The highest BCUT2D eigenvalue weighted by molar-refractivity contribution is 7.92. The number of carbonyl (C=O) groups is 1. The van der Waals surface area contributed by atoms with Crippen LogP contribution in [0.4, 0.5) is 4.39 Å². The monoisotopic (exact) mass is 378 g/mol. The van der Waals surface area contributed by atoms with E-state index in [0.717, 1.165) is 6.26 Å². The second-order valence-corrected chi connectivity index (χ2v) is 8.29. The van der Waals surface area contributed by atoms with E-state index in [1.165, 1.54) is 17.0 Å². The zero-order valence-corrected chi connectivity index (χ0v) is 15.6. The van der Waals surface area contributed by atoms with Crippen LogP contribution in [0.2, 0.25) is 0 Å². The molecule has 136 valence electrons. The number of sulfone groups is 1. The second-order valence-electron chi connectivity index (χ2n) is 5.97. The molecule has 1 aromatic rings. The van der Waals surface area contributed by atoms with E-state index in [9.17, 15) is 17.6 Å². The van der Waals surface area contributed by atoms with E-state index in [2.05, 4.69) is 5.32 Å². The molecule has 0 atom stereocenters. The summed E-state index contributed by atoms with van der Waals surface area (Å²) in [7, 11) is -3.55. The van der Waals surface area contributed by atoms with Crippen LogP contribution in [-0.2, 0) is 21.2 Å². The number of benzene rings is 1. The molecular weight excluding hydrogens is 355 g/mol. The summed E-state index contributed by atoms with van der Waals surface area (Å²) in [6.07, 6.45) is 1.67. The highest BCUT2D eigenvalue weighted by Crippen LogP contribution is 2.30. The summed E-state index contributed by atoms with van der Waals surface area (Å²) in [6.45, 7) is 3.37. The summed E-state index contributed by atoms with van der Waals surface area (Å²) in [4.78, 5) is 14.5. The van der Waals surface area contributed by atoms with E-state index < -0.39 is 14.6 Å². The van der Waals surface area contributed by atoms with Crippen molar-refractivity contribution in [3.8, 4) is 0 Å². The maximum absolute atomic E-state index is 13.3. The largest absolute Gasteiger partial charge is 0.337 e. The van der Waals surface area contributed by atoms with Crippen LogP contribution >= 0.6 is 12.4 Å². The Kier molecular flexibility index (Phi) is 7.19. The standard InChI is InChI=1S/C16H23FN2O3S.ClH/c1-3-19(12-13-5-4-6-14(17)11-13)15(20)16(23(2,21)22)7-9-18-10-8-16;/h4-6,11,18H,3,7-10,12H2,1-2H3;1H. The number of hydrogen-bond acceptors (Lipinski definition) is 4. The lowest BCUT2D eigenvalue weighted by atomic mass is 9.95. The van der Waals surface area contributed by atoms with E-state index >= 15 is 0 Å². The Hall–Kier alpha value is -1.18. The molecule has 1 aliphatic rings. The molecule has 1 N–H and O–H groups in total. The van der Waals surface area contributed by atoms with Gasteiger partial charge in [0, 0.05) is 19.3 Å². The first-order chi connectivity index (χ1) is 10.8. The molecule has 1 amide bonds. The van der Waals surface area contributed by atoms with Gasteiger partial charge in [-0.1, -0.05) is 12.1 Å². The first-order valence-corrected chi connectivity index (χ1v) is 9.63. The normalized spacial score (nSPS) is 17.0. The van der Waals surface area contributed by atoms with Gasteiger partial charge >= 0.3 is 0 Å². The third-order valence-electron chi connectivity index (χ3n) is 4.44. The molecular formula is C16H24ClFN2O3S. The van der Waals surface area contributed by atoms with Gasteiger partial charge in [-0.15, -0.1) is 12.4 Å². The van der Waals surface area contributed by atoms with E-state index in [4.69, 9.17) is 0 Å². The van der Waals surface area contributed by atoms with E-state index in [-0.39, 0.29) is 43.5 Å². The van der Waals surface area contributed by atoms with Crippen molar-refractivity contribution in [3.05, 3.63) is 35.6 Å². The van der Waals surface area contributed by atoms with Gasteiger partial charge in [0.05, 0.1) is 0 Å². The lowest BCUT2D eigenvalue weighted by Crippen LogP contribution is -2.58. The van der Waals surface area contributed by atoms with Gasteiger partial charge in [0.15, 0.2) is 14.6 Å². The van der Waals surface area contributed by atoms with Crippen LogP contribution in [0.15, 0.2) is 24.3 Å². The molecule has 1 heterocycles. The molecule has 0 aliphatic carbocycles. The number of halogens is 2. The molecule has 0 spiro atoms. The highest BCUT2D eigenvalue weighted by Gasteiger charge is 2.50. The molecule has 8 heteroatoms. The van der Waals surface area contributed by atoms with Crippen molar-refractivity contribution >= 4 is 28.2 Å². The Labute approximate surface area is 148 Å². The molecule has 5 nitrogen and oxygen atoms in total. The lowest BCUT2D eigenvalue weighted by molar-refractivity contribution is -0.135. The van der Waals surface area contributed by atoms with Crippen molar-refractivity contribution in [1.29, 1.82) is 0 Å². The molecule has 1 aromatic carbocycles. The second kappa shape index (κ2) is 8.27. The SMILES string of the molecule is CCN(Cc1cccc(F)c1)C(=O)C1(S(C)(=O)=O)CCNCC1.Cl. The van der Waals surface area contributed by atoms with Crippen LogP contribution in [0.25, 0.3) is 0 Å². The Bertz CT molecular complexity index is 676. The number of rotatable bonds is 5. The molecule has 0 bridgehead atoms. The summed E-state index contributed by atoms with van der Waals surface area (Å²) in [5.41, 5.74) is 0.651. The molecule has 0 radical (unpaired) electrons. The molecule has 1 aliphatic heterocycles. The Morgan fingerprint density at radius 1 is 1.33 bits per heavy atom. The zero-order valence-electron chi connectivity index (χ0n) is 13.9. The van der Waals surface area contributed by atoms with Gasteiger partial charge in [0.2, 0.25) is 5.91 Å². The van der Waals surface area contributed by atoms with Gasteiger partial charge in [-0.05, 0) is 50.6 Å². The molecule has 1 saturated heterocycles. The number of hydrogen-bond donors (Lipinski definition) is 1. The molecule has 2 rings (SSSR count). The summed E-state index contributed by atoms with van der Waals surface area (Å²) in [5.74, 6) is -0.751. The predicted molar refractivity (Wildman–Crippen MR) is 94.4 cm³/mol. The van der Waals surface area contributed by atoms with Crippen molar-refractivity contribution in [3.63, 3.8) is 0 Å². The summed E-state index contributed by atoms with van der Waals surface area (Å²) >= 11 is 0. The third kappa shape index (κ3) is 4.26. The fourth-order valence-corrected chi connectivity index (χ4v) is 4.44. The van der Waals surface area contributed by atoms with Crippen LogP contribution < -0.4 is 5.32 Å². The first-order valence-electron chi connectivity index (χ1n) is 7.74. The Balaban J connectivity index is 0.00000288. The smallest absolute Gasteiger partial charge is 0.244 e. The van der Waals surface area contributed by atoms with Gasteiger partial charge in [-0.25, -0.2) is 12.8 Å². The maximum Gasteiger partial charge on any atom is 0.244 e. The average molecular weight is 379 g/mol. The molecule has 0 saturated carbocycles. The maximum atomic E-state index is 13.3. The van der Waals surface area contributed by atoms with Gasteiger partial charge in [0.25, 0.3) is 0 Å². The van der Waals surface area contributed by atoms with Crippen LogP contribution in [0, 0.1) is 5.82 Å². The molecule has 0 aromatic heterocycles. The van der Waals surface area contributed by atoms with Crippen molar-refractivity contribution < 1.29 is 17.6 Å². The van der Waals surface area contributed by atoms with E-state index in [0.29, 0.717) is 25.2 Å². The van der Waals surface area contributed by atoms with Crippen LogP contribution in [0.1, 0.15) is 25.3 Å². The van der Waals surface area contributed by atoms with Gasteiger partial charge in [-0.3, -0.25) is 4.79 Å². The van der Waals surface area contributed by atoms with Crippen molar-refractivity contribution in [2.24, 2.45) is 0 Å². The minimum absolute atomic E-state index is 0. The Morgan fingerprint density at radius 3 is 2.46 bits per heavy atom. The van der Waals surface area contributed by atoms with Crippen LogP contribution in [-0.4, -0.2) is 49.9 Å². The number of carbonyl (C=O) groups excluding carboxylic acids is 1. The van der Waals surface area contributed by atoms with Crippen molar-refractivity contribution in [1.82, 2.24) is 10.2 Å². The minimum Gasteiger partial charge on any atom is -0.337 e. The van der Waals surface area contributed by atoms with Crippen LogP contribution in [0.5, 0.6) is 0 Å². The number of amides is 1. The van der Waals surface area contributed by atoms with E-state index in [1.54, 1.807) is 19.1 Å². The molecule has 24 heavy (non-hydrogen) atoms. The highest BCUT2D eigenvalue weighted by atomic mass is 35.5. The zero-order chi connectivity index (χ0) is 17.1. The fraction of sp³-hybridized carbons (Fsp3) is 0.562. The topological polar surface area (TPSA) is 66.5 Å². The van der Waals surface area contributed by atoms with Crippen molar-refractivity contribution in [2.45, 2.75) is 31.1 Å². The molecule has 0 unspecified atom stereocenters. The third-order valence-corrected chi connectivity index (χ3v) is 6.44. The predicted octanol–water partition coefficient (Wildman–Crippen LogP) is 1.76. The number of nitrogens with zero attached hydrogens (tertiary/aromatic N) is 1. The summed E-state index contributed by atoms with van der Waals surface area (Å²) in [6, 6.07) is 6.02. The minimum atomic E-state index is -3.55.